The Morgan fingerprint density at radius 1 is 1.00 bits per heavy atom. The van der Waals surface area contributed by atoms with Gasteiger partial charge in [-0.05, 0) is 29.8 Å². The third-order valence-corrected chi connectivity index (χ3v) is 3.78. The summed E-state index contributed by atoms with van der Waals surface area (Å²) in [5.41, 5.74) is 0.669. The molecule has 7 nitrogen and oxygen atoms in total. The number of hydrogen-bond donors (Lipinski definition) is 2. The molecule has 0 spiro atoms. The van der Waals surface area contributed by atoms with Gasteiger partial charge in [0.2, 0.25) is 0 Å². The molecule has 1 fully saturated rings. The second kappa shape index (κ2) is 7.69. The molecular formula is C19H15FN2O5. The van der Waals surface area contributed by atoms with Gasteiger partial charge in [-0.15, -0.1) is 0 Å². The summed E-state index contributed by atoms with van der Waals surface area (Å²) >= 11 is 0. The molecule has 1 saturated heterocycles. The van der Waals surface area contributed by atoms with Crippen LogP contribution in [0.4, 0.5) is 9.18 Å². The van der Waals surface area contributed by atoms with Crippen LogP contribution in [-0.4, -0.2) is 25.0 Å². The zero-order valence-electron chi connectivity index (χ0n) is 14.2. The Hall–Kier alpha value is -3.68. The molecule has 0 aromatic heterocycles. The van der Waals surface area contributed by atoms with Crippen LogP contribution in [0.1, 0.15) is 11.1 Å². The summed E-state index contributed by atoms with van der Waals surface area (Å²) in [6.45, 7) is 0.0103. The Balaban J connectivity index is 1.81. The van der Waals surface area contributed by atoms with E-state index >= 15 is 0 Å². The van der Waals surface area contributed by atoms with E-state index in [9.17, 15) is 18.8 Å². The van der Waals surface area contributed by atoms with Crippen LogP contribution in [0.25, 0.3) is 6.08 Å². The minimum absolute atomic E-state index is 0.0103. The zero-order valence-corrected chi connectivity index (χ0v) is 14.2. The van der Waals surface area contributed by atoms with Crippen molar-refractivity contribution in [2.45, 2.75) is 6.61 Å². The van der Waals surface area contributed by atoms with Crippen molar-refractivity contribution >= 4 is 23.9 Å². The van der Waals surface area contributed by atoms with Gasteiger partial charge in [0, 0.05) is 5.56 Å². The van der Waals surface area contributed by atoms with Crippen molar-refractivity contribution in [2.24, 2.45) is 0 Å². The van der Waals surface area contributed by atoms with E-state index in [-0.39, 0.29) is 18.0 Å². The Morgan fingerprint density at radius 3 is 2.37 bits per heavy atom. The number of benzene rings is 2. The van der Waals surface area contributed by atoms with Gasteiger partial charge < -0.3 is 9.47 Å². The fourth-order valence-electron chi connectivity index (χ4n) is 2.44. The van der Waals surface area contributed by atoms with Gasteiger partial charge in [0.05, 0.1) is 7.11 Å². The first kappa shape index (κ1) is 18.1. The molecule has 0 bridgehead atoms. The number of urea groups is 1. The quantitative estimate of drug-likeness (QED) is 0.621. The Labute approximate surface area is 153 Å². The van der Waals surface area contributed by atoms with Crippen LogP contribution in [0.15, 0.2) is 48.0 Å². The van der Waals surface area contributed by atoms with E-state index in [1.54, 1.807) is 36.4 Å². The molecule has 4 amide bonds. The molecule has 0 radical (unpaired) electrons. The Bertz CT molecular complexity index is 933. The summed E-state index contributed by atoms with van der Waals surface area (Å²) in [5, 5.41) is 3.99. The van der Waals surface area contributed by atoms with Gasteiger partial charge in [0.25, 0.3) is 11.8 Å². The second-order valence-corrected chi connectivity index (χ2v) is 5.59. The lowest BCUT2D eigenvalue weighted by molar-refractivity contribution is -0.123. The number of nitrogens with one attached hydrogen (secondary N) is 2. The van der Waals surface area contributed by atoms with Crippen molar-refractivity contribution in [2.75, 3.05) is 7.11 Å². The summed E-state index contributed by atoms with van der Waals surface area (Å²) in [5.74, 6) is -1.24. The number of methoxy groups -OCH3 is 1. The fourth-order valence-corrected chi connectivity index (χ4v) is 2.44. The molecule has 1 aliphatic rings. The van der Waals surface area contributed by atoms with E-state index in [2.05, 4.69) is 0 Å². The SMILES string of the molecule is COc1cc(C=C2C(=O)NC(=O)NC2=O)ccc1OCc1ccccc1F. The molecule has 138 valence electrons. The number of imide groups is 2. The van der Waals surface area contributed by atoms with Crippen LogP contribution in [0.2, 0.25) is 0 Å². The maximum absolute atomic E-state index is 13.7. The van der Waals surface area contributed by atoms with Crippen LogP contribution >= 0.6 is 0 Å². The number of carbonyl (C=O) groups excluding carboxylic acids is 3. The number of barbiturate groups is 1. The number of rotatable bonds is 5. The van der Waals surface area contributed by atoms with Crippen molar-refractivity contribution in [3.8, 4) is 11.5 Å². The maximum Gasteiger partial charge on any atom is 0.328 e. The third kappa shape index (κ3) is 4.12. The molecule has 3 rings (SSSR count). The first-order chi connectivity index (χ1) is 13.0. The van der Waals surface area contributed by atoms with Crippen LogP contribution in [0.5, 0.6) is 11.5 Å². The lowest BCUT2D eigenvalue weighted by atomic mass is 10.1. The van der Waals surface area contributed by atoms with Gasteiger partial charge in [-0.1, -0.05) is 24.3 Å². The van der Waals surface area contributed by atoms with E-state index in [1.165, 1.54) is 19.3 Å². The average molecular weight is 370 g/mol. The van der Waals surface area contributed by atoms with Gasteiger partial charge in [-0.2, -0.15) is 0 Å². The molecule has 0 saturated carbocycles. The fraction of sp³-hybridized carbons (Fsp3) is 0.105. The van der Waals surface area contributed by atoms with Crippen LogP contribution < -0.4 is 20.1 Å². The number of carbonyl (C=O) groups is 3. The maximum atomic E-state index is 13.7. The Morgan fingerprint density at radius 2 is 1.70 bits per heavy atom. The summed E-state index contributed by atoms with van der Waals surface area (Å²) < 4.78 is 24.6. The van der Waals surface area contributed by atoms with Crippen molar-refractivity contribution in [1.29, 1.82) is 0 Å². The van der Waals surface area contributed by atoms with Gasteiger partial charge in [0.1, 0.15) is 18.0 Å². The molecule has 1 heterocycles. The van der Waals surface area contributed by atoms with Gasteiger partial charge in [-0.3, -0.25) is 20.2 Å². The van der Waals surface area contributed by atoms with E-state index in [0.29, 0.717) is 22.6 Å². The molecule has 27 heavy (non-hydrogen) atoms. The lowest BCUT2D eigenvalue weighted by Crippen LogP contribution is -2.51. The van der Waals surface area contributed by atoms with Crippen LogP contribution in [0.3, 0.4) is 0 Å². The first-order valence-corrected chi connectivity index (χ1v) is 7.90. The highest BCUT2D eigenvalue weighted by Crippen LogP contribution is 2.30. The van der Waals surface area contributed by atoms with Gasteiger partial charge in [-0.25, -0.2) is 9.18 Å². The lowest BCUT2D eigenvalue weighted by Gasteiger charge is -2.15. The molecular weight excluding hydrogens is 355 g/mol. The molecule has 1 aliphatic heterocycles. The number of amides is 4. The standard InChI is InChI=1S/C19H15FN2O5/c1-26-16-9-11(8-13-17(23)21-19(25)22-18(13)24)6-7-15(16)27-10-12-4-2-3-5-14(12)20/h2-9H,10H2,1H3,(H2,21,22,23,24,25). The predicted molar refractivity (Wildman–Crippen MR) is 93.4 cm³/mol. The first-order valence-electron chi connectivity index (χ1n) is 7.90. The smallest absolute Gasteiger partial charge is 0.328 e. The van der Waals surface area contributed by atoms with E-state index in [0.717, 1.165) is 0 Å². The van der Waals surface area contributed by atoms with Gasteiger partial charge >= 0.3 is 6.03 Å². The van der Waals surface area contributed by atoms with E-state index < -0.39 is 17.8 Å². The number of ether oxygens (including phenoxy) is 2. The van der Waals surface area contributed by atoms with Crippen molar-refractivity contribution < 1.29 is 28.2 Å². The molecule has 8 heteroatoms. The monoisotopic (exact) mass is 370 g/mol. The zero-order chi connectivity index (χ0) is 19.4. The second-order valence-electron chi connectivity index (χ2n) is 5.59. The molecule has 2 aromatic rings. The van der Waals surface area contributed by atoms with Crippen molar-refractivity contribution in [3.05, 3.63) is 65.0 Å². The minimum Gasteiger partial charge on any atom is -0.493 e. The highest BCUT2D eigenvalue weighted by atomic mass is 19.1. The average Bonchev–Trinajstić information content (AvgIpc) is 2.64. The highest BCUT2D eigenvalue weighted by Gasteiger charge is 2.27. The third-order valence-electron chi connectivity index (χ3n) is 3.78. The predicted octanol–water partition coefficient (Wildman–Crippen LogP) is 2.16. The van der Waals surface area contributed by atoms with Crippen LogP contribution in [-0.2, 0) is 16.2 Å². The number of halogens is 1. The summed E-state index contributed by atoms with van der Waals surface area (Å²) in [4.78, 5) is 34.6. The largest absolute Gasteiger partial charge is 0.493 e. The van der Waals surface area contributed by atoms with Gasteiger partial charge in [0.15, 0.2) is 11.5 Å². The van der Waals surface area contributed by atoms with E-state index in [4.69, 9.17) is 9.47 Å². The summed E-state index contributed by atoms with van der Waals surface area (Å²) in [6, 6.07) is 10.1. The van der Waals surface area contributed by atoms with Crippen molar-refractivity contribution in [1.82, 2.24) is 10.6 Å². The summed E-state index contributed by atoms with van der Waals surface area (Å²) in [6.07, 6.45) is 1.32. The normalized spacial score (nSPS) is 13.7. The molecule has 2 N–H and O–H groups in total. The van der Waals surface area contributed by atoms with Crippen molar-refractivity contribution in [3.63, 3.8) is 0 Å². The molecule has 0 aliphatic carbocycles. The minimum atomic E-state index is -0.864. The molecule has 0 atom stereocenters. The molecule has 2 aromatic carbocycles. The number of hydrogen-bond acceptors (Lipinski definition) is 5. The highest BCUT2D eigenvalue weighted by molar-refractivity contribution is 6.31. The van der Waals surface area contributed by atoms with Crippen LogP contribution in [0, 0.1) is 5.82 Å². The Kier molecular flexibility index (Phi) is 5.16. The van der Waals surface area contributed by atoms with E-state index in [1.807, 2.05) is 10.6 Å². The molecule has 0 unspecified atom stereocenters. The summed E-state index contributed by atoms with van der Waals surface area (Å²) in [7, 11) is 1.43. The topological polar surface area (TPSA) is 93.7 Å².